The van der Waals surface area contributed by atoms with Crippen molar-refractivity contribution in [3.8, 4) is 5.82 Å². The fourth-order valence-corrected chi connectivity index (χ4v) is 5.33. The molecular weight excluding hydrogens is 546 g/mol. The first-order valence-electron chi connectivity index (χ1n) is 12.9. The summed E-state index contributed by atoms with van der Waals surface area (Å²) < 4.78 is 19.5. The van der Waals surface area contributed by atoms with Crippen LogP contribution in [0, 0.1) is 0 Å². The molecule has 1 aromatic carbocycles. The second-order valence-electron chi connectivity index (χ2n) is 9.99. The van der Waals surface area contributed by atoms with Crippen LogP contribution in [0.5, 0.6) is 0 Å². The molecule has 14 heteroatoms. The topological polar surface area (TPSA) is 151 Å². The van der Waals surface area contributed by atoms with Crippen LogP contribution in [0.4, 0.5) is 27.9 Å². The van der Waals surface area contributed by atoms with E-state index in [-0.39, 0.29) is 29.9 Å². The summed E-state index contributed by atoms with van der Waals surface area (Å²) in [5, 5.41) is 12.8. The lowest BCUT2D eigenvalue weighted by molar-refractivity contribution is 0.122. The number of carbonyl (C=O) groups is 1. The number of amides is 1. The molecule has 4 heterocycles. The van der Waals surface area contributed by atoms with Crippen LogP contribution in [0.25, 0.3) is 16.9 Å². The molecule has 0 radical (unpaired) electrons. The van der Waals surface area contributed by atoms with Gasteiger partial charge in [0.1, 0.15) is 5.39 Å². The third-order valence-corrected chi connectivity index (χ3v) is 7.22. The first kappa shape index (κ1) is 27.8. The number of nitrogens with zero attached hydrogens (tertiary/aromatic N) is 8. The maximum absolute atomic E-state index is 13.2. The predicted octanol–water partition coefficient (Wildman–Crippen LogP) is 3.45. The van der Waals surface area contributed by atoms with Gasteiger partial charge in [-0.3, -0.25) is 4.79 Å². The van der Waals surface area contributed by atoms with Gasteiger partial charge in [-0.05, 0) is 43.3 Å². The third-order valence-electron chi connectivity index (χ3n) is 6.59. The highest BCUT2D eigenvalue weighted by atomic mass is 32.2. The number of rotatable bonds is 7. The highest BCUT2D eigenvalue weighted by molar-refractivity contribution is 7.92. The lowest BCUT2D eigenvalue weighted by Crippen LogP contribution is -2.53. The van der Waals surface area contributed by atoms with Gasteiger partial charge < -0.3 is 20.2 Å². The van der Waals surface area contributed by atoms with E-state index < -0.39 is 15.8 Å². The van der Waals surface area contributed by atoms with Gasteiger partial charge in [0.25, 0.3) is 5.56 Å². The van der Waals surface area contributed by atoms with Crippen LogP contribution in [0.1, 0.15) is 6.92 Å². The van der Waals surface area contributed by atoms with Crippen LogP contribution in [-0.4, -0.2) is 82.8 Å². The Hall–Kier alpha value is -4.72. The molecular formula is C27H31N9O4S. The molecule has 0 bridgehead atoms. The van der Waals surface area contributed by atoms with Crippen molar-refractivity contribution in [1.82, 2.24) is 29.2 Å². The Labute approximate surface area is 236 Å². The smallest absolute Gasteiger partial charge is 0.407 e. The minimum absolute atomic E-state index is 0.109. The monoisotopic (exact) mass is 577 g/mol. The molecule has 214 valence electrons. The predicted molar refractivity (Wildman–Crippen MR) is 159 cm³/mol. The summed E-state index contributed by atoms with van der Waals surface area (Å²) in [6.07, 6.45) is 5.23. The molecule has 1 saturated heterocycles. The number of aromatic nitrogens is 5. The normalized spacial score (nSPS) is 15.6. The quantitative estimate of drug-likeness (QED) is 0.315. The van der Waals surface area contributed by atoms with Crippen LogP contribution in [0.15, 0.2) is 70.5 Å². The van der Waals surface area contributed by atoms with E-state index in [4.69, 9.17) is 0 Å². The second kappa shape index (κ2) is 11.0. The van der Waals surface area contributed by atoms with Crippen LogP contribution in [-0.2, 0) is 16.3 Å². The van der Waals surface area contributed by atoms with E-state index in [2.05, 4.69) is 36.1 Å². The zero-order valence-corrected chi connectivity index (χ0v) is 23.8. The van der Waals surface area contributed by atoms with E-state index in [0.717, 1.165) is 11.4 Å². The molecule has 3 aromatic heterocycles. The molecule has 13 nitrogen and oxygen atoms in total. The Balaban J connectivity index is 1.46. The van der Waals surface area contributed by atoms with Gasteiger partial charge in [0.05, 0.1) is 6.54 Å². The van der Waals surface area contributed by atoms with E-state index in [1.165, 1.54) is 28.3 Å². The summed E-state index contributed by atoms with van der Waals surface area (Å²) in [4.78, 5) is 41.7. The molecule has 1 atom stereocenters. The molecule has 1 aliphatic rings. The molecule has 1 aliphatic heterocycles. The minimum Gasteiger partial charge on any atom is -0.465 e. The summed E-state index contributed by atoms with van der Waals surface area (Å²) in [5.41, 5.74) is 1.77. The van der Waals surface area contributed by atoms with Crippen molar-refractivity contribution in [3.63, 3.8) is 0 Å². The first-order chi connectivity index (χ1) is 19.5. The number of allylic oxidation sites excluding steroid dienone is 1. The summed E-state index contributed by atoms with van der Waals surface area (Å²) in [6, 6.07) is 12.7. The number of fused-ring (bicyclic) bond motifs is 1. The van der Waals surface area contributed by atoms with E-state index in [1.807, 2.05) is 31.2 Å². The van der Waals surface area contributed by atoms with Crippen LogP contribution < -0.4 is 15.8 Å². The van der Waals surface area contributed by atoms with Gasteiger partial charge >= 0.3 is 6.09 Å². The first-order valence-corrected chi connectivity index (χ1v) is 15.2. The van der Waals surface area contributed by atoms with Crippen LogP contribution >= 0.6 is 0 Å². The summed E-state index contributed by atoms with van der Waals surface area (Å²) >= 11 is 0. The second-order valence-corrected chi connectivity index (χ2v) is 12.5. The number of pyridine rings is 1. The van der Waals surface area contributed by atoms with E-state index in [1.54, 1.807) is 29.0 Å². The molecule has 0 aliphatic carbocycles. The standard InChI is InChI=1S/C27H31N9O4S/c1-5-13-35-25(37)21-16-28-26(31-24(21)36(35)23-8-6-7-22(30-23)32-41(3,4)40)29-19-9-11-20(12-10-19)33-14-15-34(27(38)39)18(2)17-33/h5-12,16,18H,1,13-15,17H2,2-4H3,(H,38,39)(H,28,29,31)/t18-/m1/s1. The maximum atomic E-state index is 13.2. The number of benzene rings is 1. The van der Waals surface area contributed by atoms with Crippen molar-refractivity contribution >= 4 is 50.0 Å². The number of hydrogen-bond acceptors (Lipinski definition) is 9. The van der Waals surface area contributed by atoms with Gasteiger partial charge in [0, 0.05) is 65.5 Å². The highest BCUT2D eigenvalue weighted by Crippen LogP contribution is 2.24. The maximum Gasteiger partial charge on any atom is 0.407 e. The van der Waals surface area contributed by atoms with Crippen molar-refractivity contribution in [1.29, 1.82) is 0 Å². The van der Waals surface area contributed by atoms with Crippen molar-refractivity contribution in [2.75, 3.05) is 42.4 Å². The lowest BCUT2D eigenvalue weighted by Gasteiger charge is -2.39. The fraction of sp³-hybridized carbons (Fsp3) is 0.296. The fourth-order valence-electron chi connectivity index (χ4n) is 4.78. The summed E-state index contributed by atoms with van der Waals surface area (Å²) in [7, 11) is -2.44. The van der Waals surface area contributed by atoms with Gasteiger partial charge in [-0.2, -0.15) is 9.35 Å². The zero-order valence-electron chi connectivity index (χ0n) is 23.0. The number of carboxylic acid groups (broad SMARTS) is 1. The number of hydrogen-bond donors (Lipinski definition) is 2. The molecule has 0 spiro atoms. The van der Waals surface area contributed by atoms with E-state index in [9.17, 15) is 18.9 Å². The third kappa shape index (κ3) is 5.91. The zero-order chi connectivity index (χ0) is 29.3. The molecule has 1 fully saturated rings. The Bertz CT molecular complexity index is 1800. The van der Waals surface area contributed by atoms with Gasteiger partial charge in [-0.1, -0.05) is 12.1 Å². The number of nitrogens with one attached hydrogen (secondary N) is 1. The minimum atomic E-state index is -2.44. The largest absolute Gasteiger partial charge is 0.465 e. The van der Waals surface area contributed by atoms with Crippen molar-refractivity contribution < 1.29 is 14.1 Å². The molecule has 4 aromatic rings. The molecule has 0 unspecified atom stereocenters. The molecule has 41 heavy (non-hydrogen) atoms. The Kier molecular flexibility index (Phi) is 7.49. The van der Waals surface area contributed by atoms with Crippen LogP contribution in [0.2, 0.25) is 0 Å². The van der Waals surface area contributed by atoms with E-state index in [0.29, 0.717) is 36.5 Å². The Morgan fingerprint density at radius 2 is 1.95 bits per heavy atom. The Morgan fingerprint density at radius 3 is 2.61 bits per heavy atom. The average molecular weight is 578 g/mol. The summed E-state index contributed by atoms with van der Waals surface area (Å²) in [6.45, 7) is 7.54. The highest BCUT2D eigenvalue weighted by Gasteiger charge is 2.27. The molecule has 2 N–H and O–H groups in total. The number of piperazine rings is 1. The number of anilines is 3. The van der Waals surface area contributed by atoms with Gasteiger partial charge in [0.15, 0.2) is 17.3 Å². The summed E-state index contributed by atoms with van der Waals surface area (Å²) in [5.74, 6) is 0.947. The Morgan fingerprint density at radius 1 is 1.20 bits per heavy atom. The van der Waals surface area contributed by atoms with Gasteiger partial charge in [0.2, 0.25) is 5.95 Å². The van der Waals surface area contributed by atoms with E-state index >= 15 is 0 Å². The van der Waals surface area contributed by atoms with Crippen molar-refractivity contribution in [2.45, 2.75) is 19.5 Å². The van der Waals surface area contributed by atoms with Gasteiger partial charge in [-0.25, -0.2) is 28.3 Å². The lowest BCUT2D eigenvalue weighted by atomic mass is 10.1. The molecule has 0 saturated carbocycles. The van der Waals surface area contributed by atoms with Crippen molar-refractivity contribution in [3.05, 3.63) is 71.7 Å². The molecule has 5 rings (SSSR count). The average Bonchev–Trinajstić information content (AvgIpc) is 3.19. The SMILES string of the molecule is C=CCn1c(=O)c2cnc(Nc3ccc(N4CCN(C(=O)O)[C@H](C)C4)cc3)nc2n1-c1cccc(N=S(C)(C)=O)n1. The van der Waals surface area contributed by atoms with Crippen molar-refractivity contribution in [2.24, 2.45) is 4.36 Å². The molecule has 1 amide bonds. The van der Waals surface area contributed by atoms with Crippen LogP contribution in [0.3, 0.4) is 0 Å². The van der Waals surface area contributed by atoms with Gasteiger partial charge in [-0.15, -0.1) is 6.58 Å².